The lowest BCUT2D eigenvalue weighted by molar-refractivity contribution is -0.120. The highest BCUT2D eigenvalue weighted by molar-refractivity contribution is 8.00. The second-order valence-corrected chi connectivity index (χ2v) is 7.14. The third-order valence-corrected chi connectivity index (χ3v) is 4.55. The maximum Gasteiger partial charge on any atom is 0.251 e. The van der Waals surface area contributed by atoms with Gasteiger partial charge >= 0.3 is 0 Å². The zero-order valence-electron chi connectivity index (χ0n) is 13.5. The van der Waals surface area contributed by atoms with E-state index in [1.165, 1.54) is 17.8 Å². The van der Waals surface area contributed by atoms with Crippen LogP contribution in [0.25, 0.3) is 0 Å². The molecular weight excluding hydrogens is 330 g/mol. The Labute approximate surface area is 142 Å². The minimum atomic E-state index is -0.375. The van der Waals surface area contributed by atoms with Gasteiger partial charge in [0.25, 0.3) is 5.56 Å². The standard InChI is InChI=1S/C15H19N5O3S/c1-8-7-11(21)18-15(17-8)24-9(2)14(22)16-6-5-12-19-13(20-23-12)10-3-4-10/h7,9-10H,3-6H2,1-2H3,(H,16,22)(H,17,18,21)/t9-/m0/s1. The summed E-state index contributed by atoms with van der Waals surface area (Å²) in [6.45, 7) is 3.93. The van der Waals surface area contributed by atoms with Gasteiger partial charge in [0.05, 0.1) is 5.25 Å². The largest absolute Gasteiger partial charge is 0.355 e. The van der Waals surface area contributed by atoms with Crippen molar-refractivity contribution >= 4 is 17.7 Å². The summed E-state index contributed by atoms with van der Waals surface area (Å²) in [4.78, 5) is 34.7. The van der Waals surface area contributed by atoms with Gasteiger partial charge in [0.2, 0.25) is 11.8 Å². The van der Waals surface area contributed by atoms with E-state index in [1.54, 1.807) is 13.8 Å². The molecule has 2 aromatic rings. The molecule has 2 heterocycles. The molecule has 0 radical (unpaired) electrons. The van der Waals surface area contributed by atoms with Gasteiger partial charge in [-0.25, -0.2) is 4.98 Å². The van der Waals surface area contributed by atoms with Gasteiger partial charge in [-0.3, -0.25) is 9.59 Å². The van der Waals surface area contributed by atoms with Crippen LogP contribution in [0.3, 0.4) is 0 Å². The highest BCUT2D eigenvalue weighted by atomic mass is 32.2. The molecule has 1 aliphatic rings. The summed E-state index contributed by atoms with van der Waals surface area (Å²) in [7, 11) is 0. The second kappa shape index (κ2) is 7.16. The number of aromatic amines is 1. The minimum absolute atomic E-state index is 0.133. The first kappa shape index (κ1) is 16.7. The van der Waals surface area contributed by atoms with E-state index in [-0.39, 0.29) is 16.7 Å². The summed E-state index contributed by atoms with van der Waals surface area (Å²) in [6.07, 6.45) is 2.75. The van der Waals surface area contributed by atoms with Crippen molar-refractivity contribution in [3.63, 3.8) is 0 Å². The number of aromatic nitrogens is 4. The molecule has 8 nitrogen and oxygen atoms in total. The minimum Gasteiger partial charge on any atom is -0.355 e. The van der Waals surface area contributed by atoms with Gasteiger partial charge in [-0.2, -0.15) is 4.98 Å². The molecular formula is C15H19N5O3S. The number of hydrogen-bond donors (Lipinski definition) is 2. The second-order valence-electron chi connectivity index (χ2n) is 5.81. The zero-order chi connectivity index (χ0) is 17.1. The van der Waals surface area contributed by atoms with Crippen LogP contribution in [-0.2, 0) is 11.2 Å². The summed E-state index contributed by atoms with van der Waals surface area (Å²) < 4.78 is 5.16. The molecule has 9 heteroatoms. The fourth-order valence-corrected chi connectivity index (χ4v) is 3.02. The Morgan fingerprint density at radius 1 is 1.50 bits per heavy atom. The van der Waals surface area contributed by atoms with Crippen LogP contribution in [0.5, 0.6) is 0 Å². The van der Waals surface area contributed by atoms with Crippen LogP contribution in [0.4, 0.5) is 0 Å². The van der Waals surface area contributed by atoms with E-state index >= 15 is 0 Å². The molecule has 1 fully saturated rings. The number of carbonyl (C=O) groups excluding carboxylic acids is 1. The third-order valence-electron chi connectivity index (χ3n) is 3.57. The van der Waals surface area contributed by atoms with Gasteiger partial charge in [-0.05, 0) is 26.7 Å². The van der Waals surface area contributed by atoms with Crippen LogP contribution in [0.2, 0.25) is 0 Å². The Morgan fingerprint density at radius 3 is 3.00 bits per heavy atom. The topological polar surface area (TPSA) is 114 Å². The molecule has 0 aromatic carbocycles. The molecule has 2 N–H and O–H groups in total. The van der Waals surface area contributed by atoms with E-state index in [9.17, 15) is 9.59 Å². The van der Waals surface area contributed by atoms with E-state index in [2.05, 4.69) is 25.4 Å². The predicted octanol–water partition coefficient (Wildman–Crippen LogP) is 1.18. The normalized spacial score (nSPS) is 15.2. The third kappa shape index (κ3) is 4.44. The number of thioether (sulfide) groups is 1. The van der Waals surface area contributed by atoms with Crippen molar-refractivity contribution in [3.05, 3.63) is 33.8 Å². The van der Waals surface area contributed by atoms with Crippen molar-refractivity contribution in [3.8, 4) is 0 Å². The van der Waals surface area contributed by atoms with Crippen molar-refractivity contribution in [2.24, 2.45) is 0 Å². The average Bonchev–Trinajstić information content (AvgIpc) is 3.26. The van der Waals surface area contributed by atoms with Crippen LogP contribution in [-0.4, -0.2) is 37.8 Å². The fraction of sp³-hybridized carbons (Fsp3) is 0.533. The zero-order valence-corrected chi connectivity index (χ0v) is 14.4. The van der Waals surface area contributed by atoms with E-state index in [4.69, 9.17) is 4.52 Å². The molecule has 1 saturated carbocycles. The van der Waals surface area contributed by atoms with Crippen molar-refractivity contribution < 1.29 is 9.32 Å². The van der Waals surface area contributed by atoms with Crippen LogP contribution in [0.1, 0.15) is 43.1 Å². The molecule has 0 bridgehead atoms. The van der Waals surface area contributed by atoms with Gasteiger partial charge in [0, 0.05) is 30.6 Å². The van der Waals surface area contributed by atoms with Crippen LogP contribution < -0.4 is 10.9 Å². The first-order chi connectivity index (χ1) is 11.5. The lowest BCUT2D eigenvalue weighted by Crippen LogP contribution is -2.32. The Hall–Kier alpha value is -2.16. The van der Waals surface area contributed by atoms with E-state index in [1.807, 2.05) is 0 Å². The van der Waals surface area contributed by atoms with Crippen LogP contribution >= 0.6 is 11.8 Å². The van der Waals surface area contributed by atoms with E-state index < -0.39 is 0 Å². The predicted molar refractivity (Wildman–Crippen MR) is 87.9 cm³/mol. The number of carbonyl (C=O) groups is 1. The van der Waals surface area contributed by atoms with E-state index in [0.29, 0.717) is 35.6 Å². The fourth-order valence-electron chi connectivity index (χ4n) is 2.14. The molecule has 0 aliphatic heterocycles. The number of aryl methyl sites for hydroxylation is 1. The Morgan fingerprint density at radius 2 is 2.29 bits per heavy atom. The van der Waals surface area contributed by atoms with Crippen molar-refractivity contribution in [2.45, 2.75) is 49.4 Å². The molecule has 0 saturated heterocycles. The molecule has 0 unspecified atom stereocenters. The van der Waals surface area contributed by atoms with Gasteiger partial charge < -0.3 is 14.8 Å². The lowest BCUT2D eigenvalue weighted by atomic mass is 10.3. The summed E-state index contributed by atoms with van der Waals surface area (Å²) in [5.74, 6) is 1.64. The molecule has 3 rings (SSSR count). The van der Waals surface area contributed by atoms with Gasteiger partial charge in [0.1, 0.15) is 0 Å². The molecule has 2 aromatic heterocycles. The first-order valence-corrected chi connectivity index (χ1v) is 8.74. The van der Waals surface area contributed by atoms with Crippen molar-refractivity contribution in [2.75, 3.05) is 6.54 Å². The Balaban J connectivity index is 1.45. The summed E-state index contributed by atoms with van der Waals surface area (Å²) >= 11 is 1.21. The number of nitrogens with zero attached hydrogens (tertiary/aromatic N) is 3. The number of hydrogen-bond acceptors (Lipinski definition) is 7. The quantitative estimate of drug-likeness (QED) is 0.570. The SMILES string of the molecule is Cc1cc(=O)[nH]c(S[C@@H](C)C(=O)NCCc2nc(C3CC3)no2)n1. The summed E-state index contributed by atoms with van der Waals surface area (Å²) in [5, 5.41) is 6.83. The van der Waals surface area contributed by atoms with Crippen molar-refractivity contribution in [1.29, 1.82) is 0 Å². The van der Waals surface area contributed by atoms with Crippen LogP contribution in [0, 0.1) is 6.92 Å². The first-order valence-electron chi connectivity index (χ1n) is 7.86. The van der Waals surface area contributed by atoms with E-state index in [0.717, 1.165) is 18.7 Å². The number of rotatable bonds is 7. The lowest BCUT2D eigenvalue weighted by Gasteiger charge is -2.10. The molecule has 24 heavy (non-hydrogen) atoms. The van der Waals surface area contributed by atoms with Gasteiger partial charge in [-0.15, -0.1) is 0 Å². The number of H-pyrrole nitrogens is 1. The van der Waals surface area contributed by atoms with Crippen LogP contribution in [0.15, 0.2) is 20.5 Å². The average molecular weight is 349 g/mol. The van der Waals surface area contributed by atoms with Crippen molar-refractivity contribution in [1.82, 2.24) is 25.4 Å². The monoisotopic (exact) mass is 349 g/mol. The summed E-state index contributed by atoms with van der Waals surface area (Å²) in [6, 6.07) is 1.41. The molecule has 0 spiro atoms. The van der Waals surface area contributed by atoms with Gasteiger partial charge in [-0.1, -0.05) is 16.9 Å². The highest BCUT2D eigenvalue weighted by Crippen LogP contribution is 2.38. The Bertz CT molecular complexity index is 783. The number of amides is 1. The maximum absolute atomic E-state index is 12.1. The maximum atomic E-state index is 12.1. The highest BCUT2D eigenvalue weighted by Gasteiger charge is 2.28. The molecule has 128 valence electrons. The molecule has 1 aliphatic carbocycles. The Kier molecular flexibility index (Phi) is 4.98. The summed E-state index contributed by atoms with van der Waals surface area (Å²) in [5.41, 5.74) is 0.400. The van der Waals surface area contributed by atoms with Gasteiger partial charge in [0.15, 0.2) is 11.0 Å². The molecule has 1 atom stereocenters. The molecule has 1 amide bonds. The smallest absolute Gasteiger partial charge is 0.251 e. The number of nitrogens with one attached hydrogen (secondary N) is 2.